The first kappa shape index (κ1) is 20.4. The predicted molar refractivity (Wildman–Crippen MR) is 101 cm³/mol. The molecule has 0 aliphatic carbocycles. The number of alkyl halides is 3. The third-order valence-corrected chi connectivity index (χ3v) is 4.59. The molecule has 0 fully saturated rings. The molecule has 0 radical (unpaired) electrons. The number of carbonyl (C=O) groups excluding carboxylic acids is 1. The Labute approximate surface area is 173 Å². The summed E-state index contributed by atoms with van der Waals surface area (Å²) in [5, 5.41) is 11.8. The molecule has 160 valence electrons. The lowest BCUT2D eigenvalue weighted by molar-refractivity contribution is -0.143. The van der Waals surface area contributed by atoms with Crippen molar-refractivity contribution in [3.63, 3.8) is 0 Å². The number of esters is 1. The Bertz CT molecular complexity index is 1250. The first-order chi connectivity index (χ1) is 14.8. The van der Waals surface area contributed by atoms with Gasteiger partial charge in [-0.3, -0.25) is 0 Å². The van der Waals surface area contributed by atoms with E-state index in [1.807, 2.05) is 12.1 Å². The zero-order valence-electron chi connectivity index (χ0n) is 16.3. The summed E-state index contributed by atoms with van der Waals surface area (Å²) in [5.41, 5.74) is -0.742. The molecule has 0 N–H and O–H groups in total. The molecular formula is C20H15F3N4O4. The van der Waals surface area contributed by atoms with Crippen LogP contribution < -0.4 is 4.74 Å². The van der Waals surface area contributed by atoms with E-state index in [4.69, 9.17) is 13.9 Å². The van der Waals surface area contributed by atoms with Gasteiger partial charge in [-0.05, 0) is 19.1 Å². The Morgan fingerprint density at radius 1 is 1.16 bits per heavy atom. The number of carbonyl (C=O) groups is 1. The number of methoxy groups -OCH3 is 1. The van der Waals surface area contributed by atoms with Crippen LogP contribution in [-0.2, 0) is 17.5 Å². The van der Waals surface area contributed by atoms with Crippen molar-refractivity contribution in [3.05, 3.63) is 65.2 Å². The summed E-state index contributed by atoms with van der Waals surface area (Å²) < 4.78 is 57.3. The Hall–Kier alpha value is -3.89. The van der Waals surface area contributed by atoms with E-state index >= 15 is 0 Å². The van der Waals surface area contributed by atoms with Gasteiger partial charge in [-0.1, -0.05) is 18.2 Å². The summed E-state index contributed by atoms with van der Waals surface area (Å²) in [5.74, 6) is -0.970. The molecule has 0 spiro atoms. The summed E-state index contributed by atoms with van der Waals surface area (Å²) in [7, 11) is 1.34. The van der Waals surface area contributed by atoms with Gasteiger partial charge in [-0.25, -0.2) is 9.48 Å². The van der Waals surface area contributed by atoms with Crippen molar-refractivity contribution in [3.8, 4) is 11.7 Å². The van der Waals surface area contributed by atoms with Crippen molar-refractivity contribution in [2.75, 3.05) is 7.11 Å². The molecule has 0 unspecified atom stereocenters. The van der Waals surface area contributed by atoms with Gasteiger partial charge < -0.3 is 13.9 Å². The van der Waals surface area contributed by atoms with Gasteiger partial charge in [0.2, 0.25) is 5.88 Å². The van der Waals surface area contributed by atoms with Gasteiger partial charge in [0.25, 0.3) is 0 Å². The summed E-state index contributed by atoms with van der Waals surface area (Å²) in [6, 6.07) is 9.75. The highest BCUT2D eigenvalue weighted by Crippen LogP contribution is 2.34. The van der Waals surface area contributed by atoms with Crippen molar-refractivity contribution in [1.82, 2.24) is 20.0 Å². The van der Waals surface area contributed by atoms with Gasteiger partial charge in [-0.15, -0.1) is 10.2 Å². The molecule has 4 aromatic rings. The maximum Gasteiger partial charge on any atom is 0.434 e. The highest BCUT2D eigenvalue weighted by Gasteiger charge is 2.41. The molecule has 1 aromatic carbocycles. The third kappa shape index (κ3) is 3.81. The number of para-hydroxylation sites is 1. The van der Waals surface area contributed by atoms with E-state index in [-0.39, 0.29) is 18.3 Å². The average Bonchev–Trinajstić information content (AvgIpc) is 3.34. The second-order valence-corrected chi connectivity index (χ2v) is 6.47. The number of aromatic nitrogens is 4. The van der Waals surface area contributed by atoms with Crippen LogP contribution in [0.3, 0.4) is 0 Å². The molecule has 0 atom stereocenters. The number of benzene rings is 1. The second-order valence-electron chi connectivity index (χ2n) is 6.47. The normalized spacial score (nSPS) is 11.6. The van der Waals surface area contributed by atoms with E-state index < -0.39 is 23.4 Å². The van der Waals surface area contributed by atoms with Crippen LogP contribution in [-0.4, -0.2) is 33.1 Å². The van der Waals surface area contributed by atoms with Crippen LogP contribution in [0.15, 0.2) is 47.0 Å². The van der Waals surface area contributed by atoms with Gasteiger partial charge in [0, 0.05) is 17.0 Å². The molecule has 4 rings (SSSR count). The first-order valence-electron chi connectivity index (χ1n) is 8.97. The number of halogens is 3. The van der Waals surface area contributed by atoms with Crippen LogP contribution in [0, 0.1) is 6.92 Å². The van der Waals surface area contributed by atoms with E-state index in [1.165, 1.54) is 19.2 Å². The van der Waals surface area contributed by atoms with Crippen molar-refractivity contribution in [1.29, 1.82) is 0 Å². The molecule has 0 saturated heterocycles. The molecule has 31 heavy (non-hydrogen) atoms. The molecule has 0 aliphatic rings. The zero-order chi connectivity index (χ0) is 22.2. The smallest absolute Gasteiger partial charge is 0.434 e. The average molecular weight is 432 g/mol. The van der Waals surface area contributed by atoms with E-state index in [0.717, 1.165) is 17.1 Å². The highest BCUT2D eigenvalue weighted by molar-refractivity contribution is 5.91. The standard InChI is InChI=1S/C20H15F3N4O4/c1-11-12-5-3-4-6-14(12)31-15(11)10-30-19(28)13-9-24-27(18(13)20(21,22)23)16-7-8-17(29-2)26-25-16/h3-9H,10H2,1-2H3. The van der Waals surface area contributed by atoms with Crippen LogP contribution in [0.2, 0.25) is 0 Å². The Morgan fingerprint density at radius 3 is 2.58 bits per heavy atom. The van der Waals surface area contributed by atoms with E-state index in [1.54, 1.807) is 19.1 Å². The van der Waals surface area contributed by atoms with Crippen LogP contribution >= 0.6 is 0 Å². The van der Waals surface area contributed by atoms with Crippen LogP contribution in [0.25, 0.3) is 16.8 Å². The summed E-state index contributed by atoms with van der Waals surface area (Å²) in [4.78, 5) is 12.5. The number of nitrogens with zero attached hydrogens (tertiary/aromatic N) is 4. The van der Waals surface area contributed by atoms with Crippen molar-refractivity contribution in [2.24, 2.45) is 0 Å². The lowest BCUT2D eigenvalue weighted by Crippen LogP contribution is -2.19. The summed E-state index contributed by atoms with van der Waals surface area (Å²) in [6.07, 6.45) is -4.12. The summed E-state index contributed by atoms with van der Waals surface area (Å²) in [6.45, 7) is 1.45. The molecular weight excluding hydrogens is 417 g/mol. The number of aryl methyl sites for hydroxylation is 1. The maximum absolute atomic E-state index is 13.7. The minimum atomic E-state index is -4.90. The Kier molecular flexibility index (Phi) is 5.09. The number of hydrogen-bond donors (Lipinski definition) is 0. The van der Waals surface area contributed by atoms with Gasteiger partial charge in [-0.2, -0.15) is 18.3 Å². The van der Waals surface area contributed by atoms with E-state index in [9.17, 15) is 18.0 Å². The minimum Gasteiger partial charge on any atom is -0.480 e. The summed E-state index contributed by atoms with van der Waals surface area (Å²) >= 11 is 0. The van der Waals surface area contributed by atoms with Gasteiger partial charge in [0.1, 0.15) is 23.5 Å². The third-order valence-electron chi connectivity index (χ3n) is 4.59. The number of ether oxygens (including phenoxy) is 2. The molecule has 3 aromatic heterocycles. The molecule has 0 aliphatic heterocycles. The second kappa shape index (κ2) is 7.74. The zero-order valence-corrected chi connectivity index (χ0v) is 16.3. The quantitative estimate of drug-likeness (QED) is 0.439. The van der Waals surface area contributed by atoms with Gasteiger partial charge in [0.15, 0.2) is 11.5 Å². The molecule has 8 nitrogen and oxygen atoms in total. The molecule has 0 saturated carbocycles. The fourth-order valence-corrected chi connectivity index (χ4v) is 3.05. The molecule has 0 bridgehead atoms. The van der Waals surface area contributed by atoms with Crippen LogP contribution in [0.4, 0.5) is 13.2 Å². The number of hydrogen-bond acceptors (Lipinski definition) is 7. The topological polar surface area (TPSA) is 92.3 Å². The first-order valence-corrected chi connectivity index (χ1v) is 8.97. The monoisotopic (exact) mass is 432 g/mol. The molecule has 0 amide bonds. The highest BCUT2D eigenvalue weighted by atomic mass is 19.4. The Balaban J connectivity index is 1.62. The fourth-order valence-electron chi connectivity index (χ4n) is 3.05. The molecule has 11 heteroatoms. The van der Waals surface area contributed by atoms with E-state index in [0.29, 0.717) is 16.0 Å². The van der Waals surface area contributed by atoms with Crippen molar-refractivity contribution < 1.29 is 31.9 Å². The van der Waals surface area contributed by atoms with Gasteiger partial charge in [0.05, 0.1) is 13.3 Å². The van der Waals surface area contributed by atoms with Crippen LogP contribution in [0.5, 0.6) is 5.88 Å². The predicted octanol–water partition coefficient (Wildman–Crippen LogP) is 4.10. The van der Waals surface area contributed by atoms with Crippen molar-refractivity contribution >= 4 is 16.9 Å². The van der Waals surface area contributed by atoms with Crippen LogP contribution in [0.1, 0.15) is 27.4 Å². The minimum absolute atomic E-state index is 0.116. The van der Waals surface area contributed by atoms with E-state index in [2.05, 4.69) is 15.3 Å². The fraction of sp³-hybridized carbons (Fsp3) is 0.200. The molecule has 3 heterocycles. The van der Waals surface area contributed by atoms with Crippen molar-refractivity contribution in [2.45, 2.75) is 19.7 Å². The largest absolute Gasteiger partial charge is 0.480 e. The number of rotatable bonds is 5. The number of fused-ring (bicyclic) bond motifs is 1. The van der Waals surface area contributed by atoms with Gasteiger partial charge >= 0.3 is 12.1 Å². The lowest BCUT2D eigenvalue weighted by atomic mass is 10.1. The SMILES string of the molecule is COc1ccc(-n2ncc(C(=O)OCc3oc4ccccc4c3C)c2C(F)(F)F)nn1. The Morgan fingerprint density at radius 2 is 1.94 bits per heavy atom. The maximum atomic E-state index is 13.7. The lowest BCUT2D eigenvalue weighted by Gasteiger charge is -2.11. The number of furan rings is 1.